The minimum Gasteiger partial charge on any atom is -0.490 e. The number of hydrogen-bond donors (Lipinski definition) is 1. The number of nitrogens with one attached hydrogen (secondary N) is 1. The first-order chi connectivity index (χ1) is 15.4. The molecule has 0 spiro atoms. The van der Waals surface area contributed by atoms with Gasteiger partial charge in [-0.1, -0.05) is 54.7 Å². The Kier molecular flexibility index (Phi) is 8.30. The van der Waals surface area contributed by atoms with Crippen LogP contribution in [0.1, 0.15) is 31.4 Å². The van der Waals surface area contributed by atoms with Gasteiger partial charge in [0.1, 0.15) is 4.32 Å². The Morgan fingerprint density at radius 3 is 2.56 bits per heavy atom. The minimum absolute atomic E-state index is 0.0760. The van der Waals surface area contributed by atoms with Crippen molar-refractivity contribution >= 4 is 51.9 Å². The van der Waals surface area contributed by atoms with Crippen LogP contribution in [0.3, 0.4) is 0 Å². The van der Waals surface area contributed by atoms with Crippen molar-refractivity contribution in [2.24, 2.45) is 0 Å². The van der Waals surface area contributed by atoms with Gasteiger partial charge in [0.25, 0.3) is 11.8 Å². The average Bonchev–Trinajstić information content (AvgIpc) is 3.03. The number of carbonyl (C=O) groups is 2. The molecule has 2 amide bonds. The van der Waals surface area contributed by atoms with E-state index >= 15 is 0 Å². The molecule has 8 heteroatoms. The maximum atomic E-state index is 12.6. The van der Waals surface area contributed by atoms with Gasteiger partial charge in [-0.2, -0.15) is 0 Å². The molecule has 2 aromatic carbocycles. The van der Waals surface area contributed by atoms with Crippen molar-refractivity contribution in [3.63, 3.8) is 0 Å². The minimum atomic E-state index is -0.264. The van der Waals surface area contributed by atoms with Gasteiger partial charge in [-0.25, -0.2) is 0 Å². The second kappa shape index (κ2) is 11.2. The number of ether oxygens (including phenoxy) is 2. The van der Waals surface area contributed by atoms with Crippen LogP contribution in [-0.4, -0.2) is 40.8 Å². The number of thioether (sulfide) groups is 1. The largest absolute Gasteiger partial charge is 0.490 e. The summed E-state index contributed by atoms with van der Waals surface area (Å²) in [6.07, 6.45) is 2.64. The third-order valence-corrected chi connectivity index (χ3v) is 5.96. The molecule has 1 aliphatic rings. The lowest BCUT2D eigenvalue weighted by Gasteiger charge is -2.13. The summed E-state index contributed by atoms with van der Waals surface area (Å²) in [6.45, 7) is 6.77. The number of thiocarbonyl (C=S) groups is 1. The van der Waals surface area contributed by atoms with Gasteiger partial charge in [0.2, 0.25) is 0 Å². The molecule has 2 aromatic rings. The Labute approximate surface area is 198 Å². The number of nitrogens with zero attached hydrogens (tertiary/aromatic N) is 1. The van der Waals surface area contributed by atoms with Crippen LogP contribution in [0.25, 0.3) is 6.08 Å². The van der Waals surface area contributed by atoms with Gasteiger partial charge in [-0.05, 0) is 56.2 Å². The second-order valence-corrected chi connectivity index (χ2v) is 8.85. The Morgan fingerprint density at radius 1 is 1.12 bits per heavy atom. The fourth-order valence-electron chi connectivity index (χ4n) is 3.05. The Balaban J connectivity index is 1.69. The van der Waals surface area contributed by atoms with Gasteiger partial charge in [0.05, 0.1) is 11.5 Å². The van der Waals surface area contributed by atoms with Crippen molar-refractivity contribution in [3.8, 4) is 11.5 Å². The lowest BCUT2D eigenvalue weighted by atomic mass is 10.2. The predicted octanol–water partition coefficient (Wildman–Crippen LogP) is 5.02. The first-order valence-electron chi connectivity index (χ1n) is 10.4. The molecule has 0 aromatic heterocycles. The second-order valence-electron chi connectivity index (χ2n) is 7.18. The maximum absolute atomic E-state index is 12.6. The van der Waals surface area contributed by atoms with Crippen LogP contribution in [0.4, 0.5) is 5.69 Å². The third-order valence-electron chi connectivity index (χ3n) is 4.58. The fourth-order valence-corrected chi connectivity index (χ4v) is 4.36. The number of rotatable bonds is 9. The number of amides is 2. The SMILES string of the molecule is CCCN1C(=O)/C(=C\c2ccc(OCC(=O)Nc3ccc(C)cc3)c(OCC)c2)SC1=S. The number of benzene rings is 2. The monoisotopic (exact) mass is 470 g/mol. The highest BCUT2D eigenvalue weighted by molar-refractivity contribution is 8.26. The molecule has 32 heavy (non-hydrogen) atoms. The third kappa shape index (κ3) is 6.11. The highest BCUT2D eigenvalue weighted by Crippen LogP contribution is 2.35. The molecule has 0 atom stereocenters. The molecule has 0 bridgehead atoms. The maximum Gasteiger partial charge on any atom is 0.266 e. The van der Waals surface area contributed by atoms with Gasteiger partial charge >= 0.3 is 0 Å². The van der Waals surface area contributed by atoms with Gasteiger partial charge in [-0.3, -0.25) is 14.5 Å². The van der Waals surface area contributed by atoms with Crippen LogP contribution in [0, 0.1) is 6.92 Å². The Bertz CT molecular complexity index is 1030. The van der Waals surface area contributed by atoms with Crippen LogP contribution in [-0.2, 0) is 9.59 Å². The van der Waals surface area contributed by atoms with Gasteiger partial charge in [0, 0.05) is 12.2 Å². The van der Waals surface area contributed by atoms with Gasteiger partial charge in [-0.15, -0.1) is 0 Å². The molecule has 6 nitrogen and oxygen atoms in total. The summed E-state index contributed by atoms with van der Waals surface area (Å²) in [5.41, 5.74) is 2.63. The highest BCUT2D eigenvalue weighted by Gasteiger charge is 2.31. The van der Waals surface area contributed by atoms with Crippen molar-refractivity contribution in [2.75, 3.05) is 25.1 Å². The normalized spacial score (nSPS) is 14.7. The molecule has 0 aliphatic carbocycles. The number of anilines is 1. The van der Waals surface area contributed by atoms with Crippen molar-refractivity contribution in [3.05, 3.63) is 58.5 Å². The topological polar surface area (TPSA) is 67.9 Å². The number of hydrogen-bond acceptors (Lipinski definition) is 6. The van der Waals surface area contributed by atoms with Gasteiger partial charge < -0.3 is 14.8 Å². The van der Waals surface area contributed by atoms with Crippen molar-refractivity contribution < 1.29 is 19.1 Å². The van der Waals surface area contributed by atoms with E-state index in [9.17, 15) is 9.59 Å². The fraction of sp³-hybridized carbons (Fsp3) is 0.292. The van der Waals surface area contributed by atoms with Crippen LogP contribution < -0.4 is 14.8 Å². The molecule has 1 fully saturated rings. The quantitative estimate of drug-likeness (QED) is 0.410. The molecule has 1 saturated heterocycles. The zero-order valence-electron chi connectivity index (χ0n) is 18.3. The lowest BCUT2D eigenvalue weighted by Crippen LogP contribution is -2.28. The predicted molar refractivity (Wildman–Crippen MR) is 133 cm³/mol. The van der Waals surface area contributed by atoms with Crippen molar-refractivity contribution in [2.45, 2.75) is 27.2 Å². The molecule has 3 rings (SSSR count). The van der Waals surface area contributed by atoms with E-state index in [1.165, 1.54) is 11.8 Å². The van der Waals surface area contributed by atoms with Crippen molar-refractivity contribution in [1.29, 1.82) is 0 Å². The zero-order chi connectivity index (χ0) is 23.1. The van der Waals surface area contributed by atoms with E-state index < -0.39 is 0 Å². The lowest BCUT2D eigenvalue weighted by molar-refractivity contribution is -0.122. The van der Waals surface area contributed by atoms with E-state index in [1.54, 1.807) is 23.1 Å². The molecule has 1 heterocycles. The molecular formula is C24H26N2O4S2. The smallest absolute Gasteiger partial charge is 0.266 e. The van der Waals surface area contributed by atoms with Crippen LogP contribution >= 0.6 is 24.0 Å². The molecular weight excluding hydrogens is 444 g/mol. The molecule has 0 unspecified atom stereocenters. The molecule has 0 radical (unpaired) electrons. The number of carbonyl (C=O) groups excluding carboxylic acids is 2. The van der Waals surface area contributed by atoms with E-state index in [-0.39, 0.29) is 18.4 Å². The van der Waals surface area contributed by atoms with E-state index in [2.05, 4.69) is 5.32 Å². The van der Waals surface area contributed by atoms with E-state index in [1.807, 2.05) is 51.1 Å². The molecule has 168 valence electrons. The van der Waals surface area contributed by atoms with E-state index in [4.69, 9.17) is 21.7 Å². The first kappa shape index (κ1) is 23.8. The van der Waals surface area contributed by atoms with Crippen LogP contribution in [0.15, 0.2) is 47.4 Å². The summed E-state index contributed by atoms with van der Waals surface area (Å²) >= 11 is 6.62. The van der Waals surface area contributed by atoms with Crippen LogP contribution in [0.5, 0.6) is 11.5 Å². The van der Waals surface area contributed by atoms with Crippen LogP contribution in [0.2, 0.25) is 0 Å². The van der Waals surface area contributed by atoms with E-state index in [0.717, 1.165) is 17.5 Å². The highest BCUT2D eigenvalue weighted by atomic mass is 32.2. The molecule has 1 aliphatic heterocycles. The zero-order valence-corrected chi connectivity index (χ0v) is 20.0. The summed E-state index contributed by atoms with van der Waals surface area (Å²) < 4.78 is 12.0. The van der Waals surface area contributed by atoms with Gasteiger partial charge in [0.15, 0.2) is 18.1 Å². The Hall–Kier alpha value is -2.84. The summed E-state index contributed by atoms with van der Waals surface area (Å²) in [4.78, 5) is 27.0. The summed E-state index contributed by atoms with van der Waals surface area (Å²) in [6, 6.07) is 12.9. The Morgan fingerprint density at radius 2 is 1.88 bits per heavy atom. The standard InChI is InChI=1S/C24H26N2O4S2/c1-4-12-26-23(28)21(32-24(26)31)14-17-8-11-19(20(13-17)29-5-2)30-15-22(27)25-18-9-6-16(3)7-10-18/h6-11,13-14H,4-5,12,15H2,1-3H3,(H,25,27)/b21-14+. The van der Waals surface area contributed by atoms with E-state index in [0.29, 0.717) is 39.6 Å². The number of aryl methyl sites for hydroxylation is 1. The molecule has 0 saturated carbocycles. The first-order valence-corrected chi connectivity index (χ1v) is 11.6. The summed E-state index contributed by atoms with van der Waals surface area (Å²) in [5, 5.41) is 2.80. The summed E-state index contributed by atoms with van der Waals surface area (Å²) in [5.74, 6) is 0.628. The average molecular weight is 471 g/mol. The molecule has 1 N–H and O–H groups in total. The summed E-state index contributed by atoms with van der Waals surface area (Å²) in [7, 11) is 0. The van der Waals surface area contributed by atoms with Crippen molar-refractivity contribution in [1.82, 2.24) is 4.90 Å².